The van der Waals surface area contributed by atoms with Gasteiger partial charge in [-0.05, 0) is 71.8 Å². The molecule has 1 aromatic heterocycles. The molecule has 0 radical (unpaired) electrons. The molecule has 2 aromatic carbocycles. The Labute approximate surface area is 223 Å². The summed E-state index contributed by atoms with van der Waals surface area (Å²) in [4.78, 5) is 32.0. The first-order valence-corrected chi connectivity index (χ1v) is 12.9. The minimum absolute atomic E-state index is 0.163. The summed E-state index contributed by atoms with van der Waals surface area (Å²) in [5.41, 5.74) is 3.65. The van der Waals surface area contributed by atoms with Crippen LogP contribution in [0.3, 0.4) is 0 Å². The quantitative estimate of drug-likeness (QED) is 0.331. The summed E-state index contributed by atoms with van der Waals surface area (Å²) in [6.07, 6.45) is 5.43. The number of piperidine rings is 1. The summed E-state index contributed by atoms with van der Waals surface area (Å²) in [5.74, 6) is 0.880. The molecule has 0 spiro atoms. The maximum atomic E-state index is 12.9. The van der Waals surface area contributed by atoms with E-state index in [4.69, 9.17) is 0 Å². The molecule has 0 aliphatic carbocycles. The highest BCUT2D eigenvalue weighted by atomic mass is 16.3. The van der Waals surface area contributed by atoms with E-state index in [2.05, 4.69) is 32.4 Å². The third kappa shape index (κ3) is 6.77. The molecule has 0 unspecified atom stereocenters. The molecule has 1 atom stereocenters. The smallest absolute Gasteiger partial charge is 0.251 e. The van der Waals surface area contributed by atoms with E-state index < -0.39 is 6.04 Å². The third-order valence-electron chi connectivity index (χ3n) is 7.04. The van der Waals surface area contributed by atoms with Crippen molar-refractivity contribution in [2.24, 2.45) is 5.92 Å². The summed E-state index contributed by atoms with van der Waals surface area (Å²) in [6.45, 7) is 6.17. The molecule has 8 heteroatoms. The number of amides is 2. The van der Waals surface area contributed by atoms with Gasteiger partial charge in [0.1, 0.15) is 0 Å². The first-order valence-electron chi connectivity index (χ1n) is 12.9. The topological polar surface area (TPSA) is 107 Å². The zero-order valence-electron chi connectivity index (χ0n) is 21.7. The molecule has 3 aromatic rings. The lowest BCUT2D eigenvalue weighted by Crippen LogP contribution is -2.40. The van der Waals surface area contributed by atoms with Gasteiger partial charge >= 0.3 is 0 Å². The van der Waals surface area contributed by atoms with Crippen LogP contribution in [0.25, 0.3) is 11.1 Å². The Hall–Kier alpha value is -4.17. The average molecular weight is 514 g/mol. The summed E-state index contributed by atoms with van der Waals surface area (Å²) in [6, 6.07) is 17.5. The van der Waals surface area contributed by atoms with Crippen molar-refractivity contribution >= 4 is 11.8 Å². The van der Waals surface area contributed by atoms with Crippen molar-refractivity contribution < 1.29 is 14.7 Å². The van der Waals surface area contributed by atoms with Gasteiger partial charge in [-0.2, -0.15) is 0 Å². The Bertz CT molecular complexity index is 1240. The number of pyridine rings is 1. The number of carbonyl (C=O) groups is 2. The SMILES string of the molecule is C=C(NC)N1CCC(CNC(=O)c2cccc([C@@H](CO)NC(=O)c3ccc(-c4ccncc4)cc3)c2)CC1. The Morgan fingerprint density at radius 1 is 1.00 bits per heavy atom. The Morgan fingerprint density at radius 3 is 2.34 bits per heavy atom. The van der Waals surface area contributed by atoms with Gasteiger partial charge in [-0.25, -0.2) is 0 Å². The number of hydrogen-bond acceptors (Lipinski definition) is 6. The molecule has 0 saturated carbocycles. The number of hydrogen-bond donors (Lipinski definition) is 4. The van der Waals surface area contributed by atoms with Crippen LogP contribution in [0.4, 0.5) is 0 Å². The minimum atomic E-state index is -0.639. The van der Waals surface area contributed by atoms with Crippen LogP contribution < -0.4 is 16.0 Å². The highest BCUT2D eigenvalue weighted by molar-refractivity contribution is 5.95. The molecule has 1 saturated heterocycles. The lowest BCUT2D eigenvalue weighted by Gasteiger charge is -2.34. The first kappa shape index (κ1) is 26.9. The number of aliphatic hydroxyl groups is 1. The molecule has 38 heavy (non-hydrogen) atoms. The predicted octanol–water partition coefficient (Wildman–Crippen LogP) is 3.34. The summed E-state index contributed by atoms with van der Waals surface area (Å²) in [7, 11) is 1.87. The minimum Gasteiger partial charge on any atom is -0.394 e. The van der Waals surface area contributed by atoms with Gasteiger partial charge in [-0.1, -0.05) is 30.8 Å². The molecule has 1 aliphatic heterocycles. The summed E-state index contributed by atoms with van der Waals surface area (Å²) in [5, 5.41) is 19.0. The van der Waals surface area contributed by atoms with Crippen molar-refractivity contribution in [2.45, 2.75) is 18.9 Å². The van der Waals surface area contributed by atoms with E-state index in [1.807, 2.05) is 31.3 Å². The molecule has 8 nitrogen and oxygen atoms in total. The van der Waals surface area contributed by atoms with Crippen molar-refractivity contribution in [3.8, 4) is 11.1 Å². The van der Waals surface area contributed by atoms with Gasteiger partial charge in [0.15, 0.2) is 0 Å². The molecule has 0 bridgehead atoms. The van der Waals surface area contributed by atoms with Crippen LogP contribution in [0.2, 0.25) is 0 Å². The lowest BCUT2D eigenvalue weighted by molar-refractivity contribution is 0.0915. The summed E-state index contributed by atoms with van der Waals surface area (Å²) >= 11 is 0. The molecule has 4 N–H and O–H groups in total. The predicted molar refractivity (Wildman–Crippen MR) is 148 cm³/mol. The average Bonchev–Trinajstić information content (AvgIpc) is 2.99. The Morgan fingerprint density at radius 2 is 1.68 bits per heavy atom. The summed E-state index contributed by atoms with van der Waals surface area (Å²) < 4.78 is 0. The maximum Gasteiger partial charge on any atom is 0.251 e. The zero-order valence-corrected chi connectivity index (χ0v) is 21.7. The van der Waals surface area contributed by atoms with E-state index >= 15 is 0 Å². The van der Waals surface area contributed by atoms with E-state index in [0.29, 0.717) is 29.2 Å². The molecular weight excluding hydrogens is 478 g/mol. The molecule has 1 fully saturated rings. The number of nitrogens with one attached hydrogen (secondary N) is 3. The van der Waals surface area contributed by atoms with Crippen molar-refractivity contribution in [3.05, 3.63) is 102 Å². The second-order valence-electron chi connectivity index (χ2n) is 9.48. The van der Waals surface area contributed by atoms with Gasteiger partial charge < -0.3 is 26.0 Å². The monoisotopic (exact) mass is 513 g/mol. The molecular formula is C30H35N5O3. The van der Waals surface area contributed by atoms with E-state index in [-0.39, 0.29) is 18.4 Å². The van der Waals surface area contributed by atoms with Crippen LogP contribution in [0.5, 0.6) is 0 Å². The third-order valence-corrected chi connectivity index (χ3v) is 7.04. The van der Waals surface area contributed by atoms with E-state index in [1.54, 1.807) is 48.8 Å². The van der Waals surface area contributed by atoms with Crippen LogP contribution >= 0.6 is 0 Å². The van der Waals surface area contributed by atoms with Crippen LogP contribution in [0, 0.1) is 5.92 Å². The number of benzene rings is 2. The molecule has 1 aliphatic rings. The van der Waals surface area contributed by atoms with E-state index in [0.717, 1.165) is 42.9 Å². The molecule has 2 amide bonds. The molecule has 198 valence electrons. The lowest BCUT2D eigenvalue weighted by atomic mass is 9.96. The largest absolute Gasteiger partial charge is 0.394 e. The van der Waals surface area contributed by atoms with Crippen molar-refractivity contribution in [1.82, 2.24) is 25.8 Å². The molecule has 2 heterocycles. The number of carbonyl (C=O) groups excluding carboxylic acids is 2. The number of aliphatic hydroxyl groups excluding tert-OH is 1. The fourth-order valence-electron chi connectivity index (χ4n) is 4.64. The van der Waals surface area contributed by atoms with Gasteiger partial charge in [0, 0.05) is 50.2 Å². The van der Waals surface area contributed by atoms with E-state index in [9.17, 15) is 14.7 Å². The van der Waals surface area contributed by atoms with Gasteiger partial charge in [-0.3, -0.25) is 14.6 Å². The van der Waals surface area contributed by atoms with Gasteiger partial charge in [-0.15, -0.1) is 0 Å². The standard InChI is InChI=1S/C30H35N5O3/c1-21(31-2)35-16-12-22(13-17-35)19-33-29(37)27-5-3-4-26(18-27)28(20-36)34-30(38)25-8-6-23(7-9-25)24-10-14-32-15-11-24/h3-11,14-15,18,22,28,31,36H,1,12-13,16-17,19-20H2,2H3,(H,33,37)(H,34,38)/t28-/m1/s1. The maximum absolute atomic E-state index is 12.9. The van der Waals surface area contributed by atoms with Crippen molar-refractivity contribution in [3.63, 3.8) is 0 Å². The van der Waals surface area contributed by atoms with Crippen LogP contribution in [0.15, 0.2) is 85.5 Å². The van der Waals surface area contributed by atoms with Crippen molar-refractivity contribution in [2.75, 3.05) is 33.3 Å². The fraction of sp³-hybridized carbons (Fsp3) is 0.300. The van der Waals surface area contributed by atoms with Gasteiger partial charge in [0.05, 0.1) is 18.5 Å². The number of aromatic nitrogens is 1. The Kier molecular flexibility index (Phi) is 9.11. The highest BCUT2D eigenvalue weighted by Gasteiger charge is 2.21. The van der Waals surface area contributed by atoms with Crippen LogP contribution in [-0.4, -0.2) is 60.1 Å². The van der Waals surface area contributed by atoms with Gasteiger partial charge in [0.2, 0.25) is 0 Å². The van der Waals surface area contributed by atoms with E-state index in [1.165, 1.54) is 0 Å². The fourth-order valence-corrected chi connectivity index (χ4v) is 4.64. The highest BCUT2D eigenvalue weighted by Crippen LogP contribution is 2.21. The van der Waals surface area contributed by atoms with Crippen molar-refractivity contribution in [1.29, 1.82) is 0 Å². The normalized spacial score (nSPS) is 14.4. The second kappa shape index (κ2) is 12.9. The zero-order chi connectivity index (χ0) is 26.9. The molecule has 4 rings (SSSR count). The first-order chi connectivity index (χ1) is 18.5. The number of likely N-dealkylation sites (tertiary alicyclic amines) is 1. The number of rotatable bonds is 10. The second-order valence-corrected chi connectivity index (χ2v) is 9.48. The van der Waals surface area contributed by atoms with Gasteiger partial charge in [0.25, 0.3) is 11.8 Å². The van der Waals surface area contributed by atoms with Crippen LogP contribution in [0.1, 0.15) is 45.2 Å². The van der Waals surface area contributed by atoms with Crippen LogP contribution in [-0.2, 0) is 0 Å². The number of nitrogens with zero attached hydrogens (tertiary/aromatic N) is 2. The Balaban J connectivity index is 1.33.